The summed E-state index contributed by atoms with van der Waals surface area (Å²) in [6.45, 7) is 2.45. The van der Waals surface area contributed by atoms with Crippen LogP contribution in [0.5, 0.6) is 5.75 Å². The number of rotatable bonds is 7. The quantitative estimate of drug-likeness (QED) is 0.567. The van der Waals surface area contributed by atoms with Crippen molar-refractivity contribution in [1.29, 1.82) is 0 Å². The second-order valence-electron chi connectivity index (χ2n) is 4.71. The molecule has 0 bridgehead atoms. The van der Waals surface area contributed by atoms with Gasteiger partial charge in [0.2, 0.25) is 0 Å². The molecule has 0 amide bonds. The third-order valence-electron chi connectivity index (χ3n) is 2.95. The third kappa shape index (κ3) is 4.37. The molecule has 0 fully saturated rings. The molecule has 1 aromatic rings. The summed E-state index contributed by atoms with van der Waals surface area (Å²) >= 11 is 0. The van der Waals surface area contributed by atoms with Crippen molar-refractivity contribution in [3.8, 4) is 5.75 Å². The van der Waals surface area contributed by atoms with Crippen LogP contribution in [0.15, 0.2) is 30.4 Å². The molecule has 0 unspecified atom stereocenters. The fourth-order valence-corrected chi connectivity index (χ4v) is 1.89. The molecule has 1 atom stereocenters. The standard InChI is InChI=1S/C15H17NO6/c1-2-7-20-13-4-5-14(16(18)19)11(8-13)9-21-15-6-3-12(17)10-22-15/h3-6,8,15H,2,7,9-10H2,1H3/t15-/m0/s1. The van der Waals surface area contributed by atoms with Gasteiger partial charge in [-0.25, -0.2) is 0 Å². The third-order valence-corrected chi connectivity index (χ3v) is 2.95. The highest BCUT2D eigenvalue weighted by atomic mass is 16.7. The van der Waals surface area contributed by atoms with Gasteiger partial charge in [0, 0.05) is 6.07 Å². The molecule has 1 aromatic carbocycles. The summed E-state index contributed by atoms with van der Waals surface area (Å²) in [6.07, 6.45) is 3.02. The Kier molecular flexibility index (Phi) is 5.62. The lowest BCUT2D eigenvalue weighted by atomic mass is 10.2. The molecule has 0 N–H and O–H groups in total. The molecule has 1 aliphatic heterocycles. The van der Waals surface area contributed by atoms with Crippen molar-refractivity contribution < 1.29 is 23.9 Å². The zero-order valence-corrected chi connectivity index (χ0v) is 12.2. The Morgan fingerprint density at radius 3 is 2.91 bits per heavy atom. The van der Waals surface area contributed by atoms with Crippen LogP contribution in [-0.2, 0) is 20.9 Å². The lowest BCUT2D eigenvalue weighted by Crippen LogP contribution is -2.23. The van der Waals surface area contributed by atoms with E-state index >= 15 is 0 Å². The highest BCUT2D eigenvalue weighted by Crippen LogP contribution is 2.25. The Labute approximate surface area is 127 Å². The molecule has 0 aromatic heterocycles. The Bertz CT molecular complexity index is 583. The van der Waals surface area contributed by atoms with Gasteiger partial charge in [-0.2, -0.15) is 0 Å². The zero-order chi connectivity index (χ0) is 15.9. The van der Waals surface area contributed by atoms with Crippen LogP contribution < -0.4 is 4.74 Å². The molecule has 0 saturated carbocycles. The van der Waals surface area contributed by atoms with Crippen molar-refractivity contribution in [2.75, 3.05) is 13.2 Å². The van der Waals surface area contributed by atoms with Crippen molar-refractivity contribution >= 4 is 11.5 Å². The van der Waals surface area contributed by atoms with Crippen molar-refractivity contribution in [1.82, 2.24) is 0 Å². The second kappa shape index (κ2) is 7.67. The summed E-state index contributed by atoms with van der Waals surface area (Å²) in [5.74, 6) is 0.419. The van der Waals surface area contributed by atoms with Crippen LogP contribution >= 0.6 is 0 Å². The van der Waals surface area contributed by atoms with E-state index in [0.29, 0.717) is 17.9 Å². The monoisotopic (exact) mass is 307 g/mol. The SMILES string of the molecule is CCCOc1ccc([N+](=O)[O-])c(CO[C@@H]2C=CC(=O)CO2)c1. The first-order chi connectivity index (χ1) is 10.6. The van der Waals surface area contributed by atoms with E-state index in [-0.39, 0.29) is 24.7 Å². The maximum absolute atomic E-state index is 11.1. The van der Waals surface area contributed by atoms with Gasteiger partial charge in [0.05, 0.1) is 23.7 Å². The number of ketones is 1. The molecule has 0 saturated heterocycles. The Morgan fingerprint density at radius 1 is 1.45 bits per heavy atom. The molecule has 7 heteroatoms. The maximum atomic E-state index is 11.1. The van der Waals surface area contributed by atoms with Gasteiger partial charge in [-0.1, -0.05) is 6.92 Å². The smallest absolute Gasteiger partial charge is 0.275 e. The summed E-state index contributed by atoms with van der Waals surface area (Å²) in [5, 5.41) is 11.1. The normalized spacial score (nSPS) is 17.5. The van der Waals surface area contributed by atoms with Gasteiger partial charge in [-0.15, -0.1) is 0 Å². The van der Waals surface area contributed by atoms with Gasteiger partial charge in [-0.05, 0) is 30.7 Å². The highest BCUT2D eigenvalue weighted by Gasteiger charge is 2.18. The van der Waals surface area contributed by atoms with E-state index < -0.39 is 11.2 Å². The number of ether oxygens (including phenoxy) is 3. The number of nitrogens with zero attached hydrogens (tertiary/aromatic N) is 1. The topological polar surface area (TPSA) is 87.9 Å². The number of hydrogen-bond acceptors (Lipinski definition) is 6. The fraction of sp³-hybridized carbons (Fsp3) is 0.400. The van der Waals surface area contributed by atoms with Gasteiger partial charge in [0.1, 0.15) is 12.4 Å². The summed E-state index contributed by atoms with van der Waals surface area (Å²) in [7, 11) is 0. The van der Waals surface area contributed by atoms with Crippen LogP contribution in [0.4, 0.5) is 5.69 Å². The predicted octanol–water partition coefficient (Wildman–Crippen LogP) is 2.38. The molecule has 2 rings (SSSR count). The first-order valence-corrected chi connectivity index (χ1v) is 6.94. The molecule has 0 aliphatic carbocycles. The summed E-state index contributed by atoms with van der Waals surface area (Å²) < 4.78 is 16.1. The molecular weight excluding hydrogens is 290 g/mol. The summed E-state index contributed by atoms with van der Waals surface area (Å²) in [6, 6.07) is 4.54. The first-order valence-electron chi connectivity index (χ1n) is 6.94. The van der Waals surface area contributed by atoms with Crippen molar-refractivity contribution in [3.63, 3.8) is 0 Å². The number of hydrogen-bond donors (Lipinski definition) is 0. The molecule has 1 heterocycles. The van der Waals surface area contributed by atoms with Crippen LogP contribution in [0.1, 0.15) is 18.9 Å². The van der Waals surface area contributed by atoms with E-state index in [9.17, 15) is 14.9 Å². The van der Waals surface area contributed by atoms with Crippen molar-refractivity contribution in [2.24, 2.45) is 0 Å². The van der Waals surface area contributed by atoms with Crippen molar-refractivity contribution in [3.05, 3.63) is 46.0 Å². The van der Waals surface area contributed by atoms with Gasteiger partial charge in [0.15, 0.2) is 12.1 Å². The summed E-state index contributed by atoms with van der Waals surface area (Å²) in [5.41, 5.74) is 0.354. The molecule has 1 aliphatic rings. The van der Waals surface area contributed by atoms with E-state index in [1.54, 1.807) is 12.1 Å². The Morgan fingerprint density at radius 2 is 2.27 bits per heavy atom. The number of nitro benzene ring substituents is 1. The summed E-state index contributed by atoms with van der Waals surface area (Å²) in [4.78, 5) is 21.6. The average Bonchev–Trinajstić information content (AvgIpc) is 2.52. The number of carbonyl (C=O) groups excluding carboxylic acids is 1. The minimum atomic E-state index is -0.683. The second-order valence-corrected chi connectivity index (χ2v) is 4.71. The van der Waals surface area contributed by atoms with E-state index in [1.165, 1.54) is 18.2 Å². The number of nitro groups is 1. The largest absolute Gasteiger partial charge is 0.494 e. The zero-order valence-electron chi connectivity index (χ0n) is 12.2. The molecule has 118 valence electrons. The van der Waals surface area contributed by atoms with Gasteiger partial charge < -0.3 is 14.2 Å². The van der Waals surface area contributed by atoms with E-state index in [2.05, 4.69) is 0 Å². The minimum Gasteiger partial charge on any atom is -0.494 e. The lowest BCUT2D eigenvalue weighted by Gasteiger charge is -2.17. The van der Waals surface area contributed by atoms with Gasteiger partial charge >= 0.3 is 0 Å². The average molecular weight is 307 g/mol. The van der Waals surface area contributed by atoms with Crippen LogP contribution in [0.3, 0.4) is 0 Å². The minimum absolute atomic E-state index is 0.0111. The van der Waals surface area contributed by atoms with E-state index in [0.717, 1.165) is 6.42 Å². The molecule has 0 radical (unpaired) electrons. The van der Waals surface area contributed by atoms with Gasteiger partial charge in [-0.3, -0.25) is 14.9 Å². The van der Waals surface area contributed by atoms with Crippen LogP contribution in [0.25, 0.3) is 0 Å². The van der Waals surface area contributed by atoms with Gasteiger partial charge in [0.25, 0.3) is 5.69 Å². The van der Waals surface area contributed by atoms with Crippen LogP contribution in [0.2, 0.25) is 0 Å². The number of carbonyl (C=O) groups is 1. The highest BCUT2D eigenvalue weighted by molar-refractivity contribution is 5.91. The molecule has 0 spiro atoms. The molecule has 22 heavy (non-hydrogen) atoms. The molecular formula is C15H17NO6. The van der Waals surface area contributed by atoms with E-state index in [4.69, 9.17) is 14.2 Å². The maximum Gasteiger partial charge on any atom is 0.275 e. The fourth-order valence-electron chi connectivity index (χ4n) is 1.89. The first kappa shape index (κ1) is 16.1. The Hall–Kier alpha value is -2.25. The van der Waals surface area contributed by atoms with Crippen molar-refractivity contribution in [2.45, 2.75) is 26.2 Å². The van der Waals surface area contributed by atoms with Crippen LogP contribution in [0, 0.1) is 10.1 Å². The van der Waals surface area contributed by atoms with Crippen LogP contribution in [-0.4, -0.2) is 30.2 Å². The Balaban J connectivity index is 2.07. The lowest BCUT2D eigenvalue weighted by molar-refractivity contribution is -0.386. The number of benzene rings is 1. The predicted molar refractivity (Wildman–Crippen MR) is 77.6 cm³/mol. The molecule has 7 nitrogen and oxygen atoms in total. The van der Waals surface area contributed by atoms with E-state index in [1.807, 2.05) is 6.92 Å².